The minimum atomic E-state index is -0.0406. The molecule has 0 bridgehead atoms. The molecule has 0 amide bonds. The maximum atomic E-state index is 4.82. The van der Waals surface area contributed by atoms with Gasteiger partial charge in [0.1, 0.15) is 11.3 Å². The van der Waals surface area contributed by atoms with Crippen LogP contribution in [0.1, 0.15) is 37.7 Å². The van der Waals surface area contributed by atoms with Crippen molar-refractivity contribution < 1.29 is 0 Å². The highest BCUT2D eigenvalue weighted by Gasteiger charge is 2.22. The Balaban J connectivity index is 2.16. The summed E-state index contributed by atoms with van der Waals surface area (Å²) in [5.41, 5.74) is 4.52. The minimum absolute atomic E-state index is 0.0406. The Hall–Kier alpha value is -2.16. The van der Waals surface area contributed by atoms with Crippen molar-refractivity contribution in [3.63, 3.8) is 0 Å². The molecular formula is C18H21N3. The summed E-state index contributed by atoms with van der Waals surface area (Å²) >= 11 is 0. The summed E-state index contributed by atoms with van der Waals surface area (Å²) in [4.78, 5) is 9.35. The predicted molar refractivity (Wildman–Crippen MR) is 86.5 cm³/mol. The molecule has 0 fully saturated rings. The maximum absolute atomic E-state index is 4.82. The van der Waals surface area contributed by atoms with Crippen LogP contribution in [0.15, 0.2) is 42.6 Å². The van der Waals surface area contributed by atoms with Crippen LogP contribution in [-0.2, 0) is 12.0 Å². The molecule has 0 radical (unpaired) electrons. The number of imidazole rings is 1. The third kappa shape index (κ3) is 2.56. The molecule has 3 rings (SSSR count). The zero-order valence-corrected chi connectivity index (χ0v) is 13.1. The fraction of sp³-hybridized carbons (Fsp3) is 0.333. The van der Waals surface area contributed by atoms with Gasteiger partial charge < -0.3 is 4.57 Å². The van der Waals surface area contributed by atoms with E-state index in [1.807, 2.05) is 18.3 Å². The Morgan fingerprint density at radius 2 is 1.81 bits per heavy atom. The second-order valence-electron chi connectivity index (χ2n) is 6.48. The average molecular weight is 279 g/mol. The maximum Gasteiger partial charge on any atom is 0.160 e. The summed E-state index contributed by atoms with van der Waals surface area (Å²) in [5, 5.41) is 0. The van der Waals surface area contributed by atoms with Crippen molar-refractivity contribution in [3.8, 4) is 0 Å². The molecule has 2 heterocycles. The lowest BCUT2D eigenvalue weighted by Gasteiger charge is -2.24. The van der Waals surface area contributed by atoms with E-state index < -0.39 is 0 Å². The molecule has 108 valence electrons. The van der Waals surface area contributed by atoms with E-state index in [1.165, 1.54) is 11.1 Å². The van der Waals surface area contributed by atoms with E-state index in [2.05, 4.69) is 61.5 Å². The monoisotopic (exact) mass is 279 g/mol. The predicted octanol–water partition coefficient (Wildman–Crippen LogP) is 4.09. The molecule has 0 saturated carbocycles. The summed E-state index contributed by atoms with van der Waals surface area (Å²) < 4.78 is 2.26. The lowest BCUT2D eigenvalue weighted by molar-refractivity contribution is 0.394. The highest BCUT2D eigenvalue weighted by Crippen LogP contribution is 2.25. The van der Waals surface area contributed by atoms with E-state index in [0.717, 1.165) is 23.4 Å². The quantitative estimate of drug-likeness (QED) is 0.707. The lowest BCUT2D eigenvalue weighted by Crippen LogP contribution is -2.24. The average Bonchev–Trinajstić information content (AvgIpc) is 2.79. The largest absolute Gasteiger partial charge is 0.307 e. The Morgan fingerprint density at radius 1 is 1.05 bits per heavy atom. The number of nitrogens with zero attached hydrogens (tertiary/aromatic N) is 3. The molecule has 0 atom stereocenters. The number of hydrogen-bond donors (Lipinski definition) is 0. The van der Waals surface area contributed by atoms with Crippen LogP contribution in [0, 0.1) is 6.92 Å². The number of benzene rings is 1. The summed E-state index contributed by atoms with van der Waals surface area (Å²) in [6.07, 6.45) is 2.67. The number of fused-ring (bicyclic) bond motifs is 1. The number of pyridine rings is 1. The van der Waals surface area contributed by atoms with Crippen LogP contribution in [0.3, 0.4) is 0 Å². The molecule has 1 aromatic carbocycles. The van der Waals surface area contributed by atoms with Crippen LogP contribution < -0.4 is 0 Å². The van der Waals surface area contributed by atoms with Gasteiger partial charge in [-0.25, -0.2) is 9.97 Å². The van der Waals surface area contributed by atoms with Gasteiger partial charge in [-0.1, -0.05) is 24.3 Å². The molecule has 0 aliphatic rings. The molecule has 0 saturated heterocycles. The first-order chi connectivity index (χ1) is 9.97. The molecule has 0 unspecified atom stereocenters. The van der Waals surface area contributed by atoms with E-state index >= 15 is 0 Å². The molecule has 0 aliphatic heterocycles. The number of rotatable bonds is 2. The Kier molecular flexibility index (Phi) is 3.28. The molecule has 3 nitrogen and oxygen atoms in total. The van der Waals surface area contributed by atoms with Crippen molar-refractivity contribution in [2.75, 3.05) is 0 Å². The Bertz CT molecular complexity index is 779. The first-order valence-corrected chi connectivity index (χ1v) is 7.34. The third-order valence-corrected chi connectivity index (χ3v) is 3.77. The molecule has 0 N–H and O–H groups in total. The van der Waals surface area contributed by atoms with E-state index in [9.17, 15) is 0 Å². The van der Waals surface area contributed by atoms with Crippen molar-refractivity contribution in [3.05, 3.63) is 59.5 Å². The molecule has 3 heteroatoms. The first-order valence-electron chi connectivity index (χ1n) is 7.34. The standard InChI is InChI=1S/C18H21N3/c1-13-8-5-6-9-14(13)12-16-20-15-10-7-11-19-17(15)21(16)18(2,3)4/h5-11H,12H2,1-4H3. The van der Waals surface area contributed by atoms with Gasteiger partial charge in [-0.05, 0) is 51.0 Å². The summed E-state index contributed by atoms with van der Waals surface area (Å²) in [6, 6.07) is 12.5. The zero-order chi connectivity index (χ0) is 15.0. The van der Waals surface area contributed by atoms with Gasteiger partial charge in [0, 0.05) is 18.2 Å². The molecule has 21 heavy (non-hydrogen) atoms. The Labute approximate surface area is 125 Å². The van der Waals surface area contributed by atoms with Gasteiger partial charge in [-0.3, -0.25) is 0 Å². The normalized spacial score (nSPS) is 12.0. The molecule has 3 aromatic rings. The van der Waals surface area contributed by atoms with Gasteiger partial charge in [0.05, 0.1) is 0 Å². The summed E-state index contributed by atoms with van der Waals surface area (Å²) in [5.74, 6) is 1.07. The van der Waals surface area contributed by atoms with Crippen LogP contribution in [0.25, 0.3) is 11.2 Å². The SMILES string of the molecule is Cc1ccccc1Cc1nc2cccnc2n1C(C)(C)C. The fourth-order valence-electron chi connectivity index (χ4n) is 2.76. The molecule has 0 aliphatic carbocycles. The van der Waals surface area contributed by atoms with Gasteiger partial charge in [0.2, 0.25) is 0 Å². The van der Waals surface area contributed by atoms with Crippen molar-refractivity contribution in [1.82, 2.24) is 14.5 Å². The smallest absolute Gasteiger partial charge is 0.160 e. The zero-order valence-electron chi connectivity index (χ0n) is 13.1. The van der Waals surface area contributed by atoms with Crippen LogP contribution in [0.2, 0.25) is 0 Å². The Morgan fingerprint density at radius 3 is 2.52 bits per heavy atom. The second kappa shape index (κ2) is 4.99. The van der Waals surface area contributed by atoms with Crippen LogP contribution >= 0.6 is 0 Å². The number of hydrogen-bond acceptors (Lipinski definition) is 2. The number of aromatic nitrogens is 3. The van der Waals surface area contributed by atoms with Crippen molar-refractivity contribution >= 4 is 11.2 Å². The number of aryl methyl sites for hydroxylation is 1. The van der Waals surface area contributed by atoms with E-state index in [1.54, 1.807) is 0 Å². The van der Waals surface area contributed by atoms with E-state index in [-0.39, 0.29) is 5.54 Å². The summed E-state index contributed by atoms with van der Waals surface area (Å²) in [6.45, 7) is 8.75. The lowest BCUT2D eigenvalue weighted by atomic mass is 10.0. The third-order valence-electron chi connectivity index (χ3n) is 3.77. The van der Waals surface area contributed by atoms with Gasteiger partial charge in [0.15, 0.2) is 5.65 Å². The molecule has 0 spiro atoms. The second-order valence-corrected chi connectivity index (χ2v) is 6.48. The van der Waals surface area contributed by atoms with Gasteiger partial charge in [-0.2, -0.15) is 0 Å². The molecular weight excluding hydrogens is 258 g/mol. The van der Waals surface area contributed by atoms with Crippen LogP contribution in [0.5, 0.6) is 0 Å². The van der Waals surface area contributed by atoms with Crippen LogP contribution in [0.4, 0.5) is 0 Å². The van der Waals surface area contributed by atoms with Crippen molar-refractivity contribution in [1.29, 1.82) is 0 Å². The highest BCUT2D eigenvalue weighted by atomic mass is 15.2. The fourth-order valence-corrected chi connectivity index (χ4v) is 2.76. The van der Waals surface area contributed by atoms with Gasteiger partial charge in [-0.15, -0.1) is 0 Å². The minimum Gasteiger partial charge on any atom is -0.307 e. The van der Waals surface area contributed by atoms with E-state index in [4.69, 9.17) is 4.98 Å². The van der Waals surface area contributed by atoms with Gasteiger partial charge >= 0.3 is 0 Å². The highest BCUT2D eigenvalue weighted by molar-refractivity contribution is 5.71. The van der Waals surface area contributed by atoms with Crippen LogP contribution in [-0.4, -0.2) is 14.5 Å². The van der Waals surface area contributed by atoms with E-state index in [0.29, 0.717) is 0 Å². The van der Waals surface area contributed by atoms with Crippen molar-refractivity contribution in [2.24, 2.45) is 0 Å². The summed E-state index contributed by atoms with van der Waals surface area (Å²) in [7, 11) is 0. The topological polar surface area (TPSA) is 30.7 Å². The van der Waals surface area contributed by atoms with Crippen molar-refractivity contribution in [2.45, 2.75) is 39.7 Å². The molecule has 2 aromatic heterocycles. The first kappa shape index (κ1) is 13.8. The van der Waals surface area contributed by atoms with Gasteiger partial charge in [0.25, 0.3) is 0 Å².